The van der Waals surface area contributed by atoms with Crippen molar-refractivity contribution >= 4 is 17.4 Å². The van der Waals surface area contributed by atoms with Gasteiger partial charge in [0.15, 0.2) is 5.76 Å². The van der Waals surface area contributed by atoms with Crippen LogP contribution in [0.3, 0.4) is 0 Å². The summed E-state index contributed by atoms with van der Waals surface area (Å²) >= 11 is 1.46. The van der Waals surface area contributed by atoms with E-state index >= 15 is 0 Å². The van der Waals surface area contributed by atoms with E-state index in [-0.39, 0.29) is 5.69 Å². The molecule has 6 heteroatoms. The third-order valence-electron chi connectivity index (χ3n) is 2.68. The van der Waals surface area contributed by atoms with Gasteiger partial charge in [0.05, 0.1) is 17.6 Å². The molecule has 0 amide bonds. The number of benzene rings is 1. The topological polar surface area (TPSA) is 65.2 Å². The zero-order valence-corrected chi connectivity index (χ0v) is 11.2. The van der Waals surface area contributed by atoms with Gasteiger partial charge >= 0.3 is 0 Å². The number of nitrogens with two attached hydrogens (primary N) is 1. The van der Waals surface area contributed by atoms with Crippen LogP contribution in [0.1, 0.15) is 5.69 Å². The highest BCUT2D eigenvalue weighted by Gasteiger charge is 2.09. The monoisotopic (exact) mass is 290 g/mol. The summed E-state index contributed by atoms with van der Waals surface area (Å²) in [6, 6.07) is 10.1. The van der Waals surface area contributed by atoms with Crippen LogP contribution >= 0.6 is 11.8 Å². The van der Waals surface area contributed by atoms with Crippen molar-refractivity contribution in [3.63, 3.8) is 0 Å². The molecule has 2 heterocycles. The molecule has 2 N–H and O–H groups in total. The summed E-state index contributed by atoms with van der Waals surface area (Å²) in [5.41, 5.74) is 6.34. The van der Waals surface area contributed by atoms with Gasteiger partial charge in [-0.3, -0.25) is 0 Å². The lowest BCUT2D eigenvalue weighted by Gasteiger charge is -2.01. The molecule has 0 spiro atoms. The first kappa shape index (κ1) is 12.8. The van der Waals surface area contributed by atoms with Crippen molar-refractivity contribution in [3.05, 3.63) is 54.2 Å². The summed E-state index contributed by atoms with van der Waals surface area (Å²) in [5.74, 6) is 1.38. The molecule has 4 nitrogen and oxygen atoms in total. The maximum atomic E-state index is 13.3. The van der Waals surface area contributed by atoms with Gasteiger partial charge in [0.25, 0.3) is 0 Å². The second-order valence-corrected chi connectivity index (χ2v) is 5.18. The molecule has 2 aromatic heterocycles. The number of furan rings is 1. The number of hydrogen-bond donors (Lipinski definition) is 1. The number of rotatable bonds is 4. The summed E-state index contributed by atoms with van der Waals surface area (Å²) in [7, 11) is 0. The zero-order chi connectivity index (χ0) is 13.9. The normalized spacial score (nSPS) is 10.8. The van der Waals surface area contributed by atoms with Crippen LogP contribution in [-0.4, -0.2) is 5.16 Å². The predicted molar refractivity (Wildman–Crippen MR) is 74.6 cm³/mol. The van der Waals surface area contributed by atoms with Crippen LogP contribution in [0.25, 0.3) is 11.5 Å². The largest absolute Gasteiger partial charge is 0.461 e. The van der Waals surface area contributed by atoms with Gasteiger partial charge in [-0.1, -0.05) is 5.16 Å². The van der Waals surface area contributed by atoms with Gasteiger partial charge in [0.2, 0.25) is 5.76 Å². The quantitative estimate of drug-likeness (QED) is 0.582. The molecule has 0 atom stereocenters. The van der Waals surface area contributed by atoms with Crippen LogP contribution in [-0.2, 0) is 5.75 Å². The van der Waals surface area contributed by atoms with Crippen LogP contribution in [0.4, 0.5) is 10.1 Å². The van der Waals surface area contributed by atoms with Gasteiger partial charge in [0.1, 0.15) is 5.82 Å². The lowest BCUT2D eigenvalue weighted by Crippen LogP contribution is -1.90. The smallest absolute Gasteiger partial charge is 0.202 e. The number of anilines is 1. The first-order chi connectivity index (χ1) is 9.72. The van der Waals surface area contributed by atoms with E-state index in [1.54, 1.807) is 36.6 Å². The summed E-state index contributed by atoms with van der Waals surface area (Å²) < 4.78 is 23.7. The molecule has 0 aliphatic rings. The maximum absolute atomic E-state index is 13.3. The number of aromatic nitrogens is 1. The number of thioether (sulfide) groups is 1. The van der Waals surface area contributed by atoms with Crippen LogP contribution in [0.5, 0.6) is 0 Å². The average molecular weight is 290 g/mol. The van der Waals surface area contributed by atoms with E-state index in [0.717, 1.165) is 10.6 Å². The van der Waals surface area contributed by atoms with Crippen molar-refractivity contribution in [1.82, 2.24) is 5.16 Å². The predicted octanol–water partition coefficient (Wildman–Crippen LogP) is 3.95. The Morgan fingerprint density at radius 1 is 1.20 bits per heavy atom. The second kappa shape index (κ2) is 5.42. The molecule has 0 bridgehead atoms. The van der Waals surface area contributed by atoms with Crippen molar-refractivity contribution in [1.29, 1.82) is 0 Å². The molecular formula is C14H11FN2O2S. The van der Waals surface area contributed by atoms with Crippen molar-refractivity contribution in [3.8, 4) is 11.5 Å². The van der Waals surface area contributed by atoms with Crippen LogP contribution in [0, 0.1) is 5.82 Å². The Balaban J connectivity index is 1.68. The molecule has 0 fully saturated rings. The summed E-state index contributed by atoms with van der Waals surface area (Å²) in [6.45, 7) is 0. The molecule has 3 aromatic rings. The lowest BCUT2D eigenvalue weighted by atomic mass is 10.3. The molecule has 0 unspecified atom stereocenters. The third-order valence-corrected chi connectivity index (χ3v) is 3.71. The lowest BCUT2D eigenvalue weighted by molar-refractivity contribution is 0.413. The summed E-state index contributed by atoms with van der Waals surface area (Å²) in [5, 5.41) is 3.95. The molecule has 0 aliphatic carbocycles. The Hall–Kier alpha value is -2.21. The molecule has 3 rings (SSSR count). The van der Waals surface area contributed by atoms with E-state index < -0.39 is 5.82 Å². The summed E-state index contributed by atoms with van der Waals surface area (Å²) in [6.07, 6.45) is 1.57. The van der Waals surface area contributed by atoms with E-state index in [2.05, 4.69) is 5.16 Å². The Morgan fingerprint density at radius 3 is 2.85 bits per heavy atom. The Labute approximate surface area is 118 Å². The van der Waals surface area contributed by atoms with E-state index in [1.807, 2.05) is 0 Å². The average Bonchev–Trinajstić information content (AvgIpc) is 3.09. The van der Waals surface area contributed by atoms with Gasteiger partial charge in [-0.25, -0.2) is 4.39 Å². The van der Waals surface area contributed by atoms with Crippen molar-refractivity contribution < 1.29 is 13.3 Å². The van der Waals surface area contributed by atoms with Crippen molar-refractivity contribution in [2.45, 2.75) is 10.6 Å². The van der Waals surface area contributed by atoms with Gasteiger partial charge in [-0.15, -0.1) is 11.8 Å². The standard InChI is InChI=1S/C14H11FN2O2S/c15-11-7-10(3-4-12(11)16)20-8-9-6-14(19-17-9)13-2-1-5-18-13/h1-7H,8,16H2. The minimum absolute atomic E-state index is 0.149. The van der Waals surface area contributed by atoms with E-state index in [9.17, 15) is 4.39 Å². The Morgan fingerprint density at radius 2 is 2.10 bits per heavy atom. The van der Waals surface area contributed by atoms with Gasteiger partial charge in [-0.2, -0.15) is 0 Å². The van der Waals surface area contributed by atoms with Crippen LogP contribution < -0.4 is 5.73 Å². The Kier molecular flexibility index (Phi) is 3.47. The molecular weight excluding hydrogens is 279 g/mol. The first-order valence-corrected chi connectivity index (χ1v) is 6.88. The SMILES string of the molecule is Nc1ccc(SCc2cc(-c3ccco3)on2)cc1F. The minimum atomic E-state index is -0.411. The Bertz CT molecular complexity index is 710. The molecule has 102 valence electrons. The fourth-order valence-corrected chi connectivity index (χ4v) is 2.47. The molecule has 0 saturated heterocycles. The number of nitrogens with zero attached hydrogens (tertiary/aromatic N) is 1. The number of halogens is 1. The number of hydrogen-bond acceptors (Lipinski definition) is 5. The molecule has 0 aliphatic heterocycles. The first-order valence-electron chi connectivity index (χ1n) is 5.89. The number of nitrogen functional groups attached to an aromatic ring is 1. The van der Waals surface area contributed by atoms with Crippen molar-refractivity contribution in [2.24, 2.45) is 0 Å². The molecule has 0 saturated carbocycles. The van der Waals surface area contributed by atoms with Crippen LogP contribution in [0.15, 0.2) is 56.5 Å². The van der Waals surface area contributed by atoms with Gasteiger partial charge in [0, 0.05) is 16.7 Å². The van der Waals surface area contributed by atoms with E-state index in [4.69, 9.17) is 14.7 Å². The highest BCUT2D eigenvalue weighted by Crippen LogP contribution is 2.27. The van der Waals surface area contributed by atoms with Crippen molar-refractivity contribution in [2.75, 3.05) is 5.73 Å². The second-order valence-electron chi connectivity index (χ2n) is 4.13. The highest BCUT2D eigenvalue weighted by molar-refractivity contribution is 7.98. The van der Waals surface area contributed by atoms with Crippen LogP contribution in [0.2, 0.25) is 0 Å². The van der Waals surface area contributed by atoms with E-state index in [1.165, 1.54) is 17.8 Å². The fraction of sp³-hybridized carbons (Fsp3) is 0.0714. The summed E-state index contributed by atoms with van der Waals surface area (Å²) in [4.78, 5) is 0.791. The maximum Gasteiger partial charge on any atom is 0.202 e. The van der Waals surface area contributed by atoms with Gasteiger partial charge < -0.3 is 14.7 Å². The third kappa shape index (κ3) is 2.70. The fourth-order valence-electron chi connectivity index (χ4n) is 1.67. The molecule has 20 heavy (non-hydrogen) atoms. The van der Waals surface area contributed by atoms with Gasteiger partial charge in [-0.05, 0) is 30.3 Å². The highest BCUT2D eigenvalue weighted by atomic mass is 32.2. The molecule has 0 radical (unpaired) electrons. The van der Waals surface area contributed by atoms with E-state index in [0.29, 0.717) is 17.3 Å². The minimum Gasteiger partial charge on any atom is -0.461 e. The zero-order valence-electron chi connectivity index (χ0n) is 10.4. The molecule has 1 aromatic carbocycles.